The maximum Gasteiger partial charge on any atom is 0.116 e. The third kappa shape index (κ3) is 0.658. The standard InChI is InChI=1S/C8H7NO/c10-7-1-2-8-6(5-7)3-4-9-8/h1-5,9-10H/i3D,5D. The SMILES string of the molecule is [2H]c1c[nH]c2ccc(O)c([2H])c12. The number of phenolic OH excluding ortho intramolecular Hbond substituents is 1. The molecule has 0 fully saturated rings. The van der Waals surface area contributed by atoms with E-state index in [2.05, 4.69) is 4.98 Å². The van der Waals surface area contributed by atoms with Gasteiger partial charge >= 0.3 is 0 Å². The summed E-state index contributed by atoms with van der Waals surface area (Å²) in [7, 11) is 0. The number of H-pyrrole nitrogens is 1. The number of aromatic nitrogens is 1. The Labute approximate surface area is 60.9 Å². The fraction of sp³-hybridized carbons (Fsp3) is 0. The molecule has 1 aromatic carbocycles. The van der Waals surface area contributed by atoms with Gasteiger partial charge in [0.25, 0.3) is 0 Å². The van der Waals surface area contributed by atoms with Gasteiger partial charge in [0.1, 0.15) is 5.75 Å². The highest BCUT2D eigenvalue weighted by Gasteiger charge is 1.92. The number of phenols is 1. The normalized spacial score (nSPS) is 13.2. The minimum atomic E-state index is -0.0874. The lowest BCUT2D eigenvalue weighted by Crippen LogP contribution is -1.65. The van der Waals surface area contributed by atoms with Crippen molar-refractivity contribution in [2.24, 2.45) is 0 Å². The zero-order valence-electron chi connectivity index (χ0n) is 7.18. The van der Waals surface area contributed by atoms with E-state index in [0.717, 1.165) is 0 Å². The van der Waals surface area contributed by atoms with Crippen molar-refractivity contribution in [2.45, 2.75) is 0 Å². The third-order valence-corrected chi connectivity index (χ3v) is 1.37. The lowest BCUT2D eigenvalue weighted by atomic mass is 10.2. The van der Waals surface area contributed by atoms with Crippen molar-refractivity contribution in [1.29, 1.82) is 0 Å². The maximum atomic E-state index is 9.18. The van der Waals surface area contributed by atoms with Gasteiger partial charge in [-0.25, -0.2) is 0 Å². The average Bonchev–Trinajstić information content (AvgIpc) is 2.41. The van der Waals surface area contributed by atoms with E-state index in [9.17, 15) is 5.11 Å². The predicted molar refractivity (Wildman–Crippen MR) is 40.0 cm³/mol. The number of benzene rings is 1. The molecule has 0 bridgehead atoms. The summed E-state index contributed by atoms with van der Waals surface area (Å²) in [6, 6.07) is 3.35. The number of aromatic amines is 1. The van der Waals surface area contributed by atoms with Crippen LogP contribution in [0.3, 0.4) is 0 Å². The second-order valence-corrected chi connectivity index (χ2v) is 2.07. The number of hydrogen-bond donors (Lipinski definition) is 2. The zero-order valence-corrected chi connectivity index (χ0v) is 5.18. The van der Waals surface area contributed by atoms with Crippen LogP contribution in [0, 0.1) is 0 Å². The van der Waals surface area contributed by atoms with E-state index in [4.69, 9.17) is 2.74 Å². The molecule has 0 saturated carbocycles. The molecule has 2 rings (SSSR count). The van der Waals surface area contributed by atoms with Crippen LogP contribution in [0.25, 0.3) is 10.9 Å². The Hall–Kier alpha value is -1.44. The molecule has 0 saturated heterocycles. The van der Waals surface area contributed by atoms with Crippen LogP contribution in [0.15, 0.2) is 30.4 Å². The Morgan fingerprint density at radius 2 is 2.40 bits per heavy atom. The zero-order chi connectivity index (χ0) is 8.72. The van der Waals surface area contributed by atoms with Gasteiger partial charge in [-0.3, -0.25) is 0 Å². The number of aromatic hydroxyl groups is 1. The van der Waals surface area contributed by atoms with Crippen LogP contribution in [0.4, 0.5) is 0 Å². The van der Waals surface area contributed by atoms with Gasteiger partial charge < -0.3 is 10.1 Å². The van der Waals surface area contributed by atoms with E-state index < -0.39 is 0 Å². The molecular formula is C8H7NO. The molecule has 1 aromatic heterocycles. The highest BCUT2D eigenvalue weighted by Crippen LogP contribution is 2.17. The van der Waals surface area contributed by atoms with E-state index in [1.807, 2.05) is 0 Å². The minimum absolute atomic E-state index is 0.0127. The summed E-state index contributed by atoms with van der Waals surface area (Å²) in [4.78, 5) is 2.84. The quantitative estimate of drug-likeness (QED) is 0.568. The highest BCUT2D eigenvalue weighted by atomic mass is 16.3. The number of rotatable bonds is 0. The summed E-state index contributed by atoms with van der Waals surface area (Å²) >= 11 is 0. The summed E-state index contributed by atoms with van der Waals surface area (Å²) < 4.78 is 14.9. The van der Waals surface area contributed by atoms with Gasteiger partial charge in [0.2, 0.25) is 0 Å². The van der Waals surface area contributed by atoms with E-state index in [1.165, 1.54) is 12.3 Å². The van der Waals surface area contributed by atoms with Gasteiger partial charge in [-0.15, -0.1) is 0 Å². The summed E-state index contributed by atoms with van der Waals surface area (Å²) in [6.45, 7) is 0. The monoisotopic (exact) mass is 135 g/mol. The Balaban J connectivity index is 2.96. The Morgan fingerprint density at radius 1 is 1.50 bits per heavy atom. The summed E-state index contributed by atoms with van der Waals surface area (Å²) in [6.07, 6.45) is 1.50. The third-order valence-electron chi connectivity index (χ3n) is 1.37. The average molecular weight is 135 g/mol. The molecule has 0 radical (unpaired) electrons. The van der Waals surface area contributed by atoms with Crippen molar-refractivity contribution >= 4 is 10.9 Å². The van der Waals surface area contributed by atoms with Gasteiger partial charge in [0, 0.05) is 17.1 Å². The molecule has 0 aliphatic heterocycles. The van der Waals surface area contributed by atoms with Crippen LogP contribution in [0.2, 0.25) is 0 Å². The van der Waals surface area contributed by atoms with E-state index in [1.54, 1.807) is 6.07 Å². The first-order valence-corrected chi connectivity index (χ1v) is 2.96. The van der Waals surface area contributed by atoms with Crippen LogP contribution in [-0.2, 0) is 0 Å². The van der Waals surface area contributed by atoms with Crippen LogP contribution in [0.5, 0.6) is 5.75 Å². The van der Waals surface area contributed by atoms with Crippen molar-refractivity contribution < 1.29 is 7.85 Å². The second-order valence-electron chi connectivity index (χ2n) is 2.07. The maximum absolute atomic E-state index is 9.18. The highest BCUT2D eigenvalue weighted by molar-refractivity contribution is 5.80. The first-order chi connectivity index (χ1) is 5.70. The Kier molecular flexibility index (Phi) is 0.648. The molecule has 0 amide bonds. The van der Waals surface area contributed by atoms with Crippen molar-refractivity contribution in [3.8, 4) is 5.75 Å². The molecule has 2 N–H and O–H groups in total. The smallest absolute Gasteiger partial charge is 0.116 e. The van der Waals surface area contributed by atoms with E-state index in [0.29, 0.717) is 10.9 Å². The van der Waals surface area contributed by atoms with Gasteiger partial charge in [-0.05, 0) is 24.2 Å². The van der Waals surface area contributed by atoms with E-state index >= 15 is 0 Å². The van der Waals surface area contributed by atoms with E-state index in [-0.39, 0.29) is 17.8 Å². The number of fused-ring (bicyclic) bond motifs is 1. The van der Waals surface area contributed by atoms with Crippen LogP contribution in [-0.4, -0.2) is 10.1 Å². The van der Waals surface area contributed by atoms with Crippen molar-refractivity contribution in [1.82, 2.24) is 4.98 Å². The van der Waals surface area contributed by atoms with Gasteiger partial charge in [-0.1, -0.05) is 0 Å². The topological polar surface area (TPSA) is 36.0 Å². The molecule has 0 atom stereocenters. The van der Waals surface area contributed by atoms with Gasteiger partial charge in [-0.2, -0.15) is 0 Å². The molecular weight excluding hydrogens is 126 g/mol. The molecule has 1 heterocycles. The van der Waals surface area contributed by atoms with Crippen molar-refractivity contribution in [2.75, 3.05) is 0 Å². The summed E-state index contributed by atoms with van der Waals surface area (Å²) in [5.74, 6) is -0.0874. The minimum Gasteiger partial charge on any atom is -0.508 e. The fourth-order valence-electron chi connectivity index (χ4n) is 0.903. The molecule has 0 aliphatic rings. The summed E-state index contributed by atoms with van der Waals surface area (Å²) in [5.41, 5.74) is 0.711. The lowest BCUT2D eigenvalue weighted by Gasteiger charge is -1.89. The predicted octanol–water partition coefficient (Wildman–Crippen LogP) is 1.87. The first kappa shape index (κ1) is 3.66. The molecule has 2 nitrogen and oxygen atoms in total. The Bertz CT molecular complexity index is 436. The number of hydrogen-bond acceptors (Lipinski definition) is 1. The van der Waals surface area contributed by atoms with Crippen LogP contribution < -0.4 is 0 Å². The van der Waals surface area contributed by atoms with Crippen LogP contribution in [0.1, 0.15) is 2.74 Å². The molecule has 0 unspecified atom stereocenters. The van der Waals surface area contributed by atoms with Gasteiger partial charge in [0.05, 0.1) is 2.74 Å². The van der Waals surface area contributed by atoms with Crippen molar-refractivity contribution in [3.05, 3.63) is 30.4 Å². The first-order valence-electron chi connectivity index (χ1n) is 3.96. The summed E-state index contributed by atoms with van der Waals surface area (Å²) in [5, 5.41) is 9.64. The van der Waals surface area contributed by atoms with Crippen LogP contribution >= 0.6 is 0 Å². The molecule has 10 heavy (non-hydrogen) atoms. The molecule has 0 aliphatic carbocycles. The lowest BCUT2D eigenvalue weighted by molar-refractivity contribution is 0.476. The molecule has 50 valence electrons. The second kappa shape index (κ2) is 1.77. The fourth-order valence-corrected chi connectivity index (χ4v) is 0.903. The Morgan fingerprint density at radius 3 is 3.30 bits per heavy atom. The van der Waals surface area contributed by atoms with Crippen molar-refractivity contribution in [3.63, 3.8) is 0 Å². The molecule has 0 spiro atoms. The number of nitrogens with one attached hydrogen (secondary N) is 1. The molecule has 2 heteroatoms. The van der Waals surface area contributed by atoms with Gasteiger partial charge in [0.15, 0.2) is 0 Å². The molecule has 2 aromatic rings. The largest absolute Gasteiger partial charge is 0.508 e.